The van der Waals surface area contributed by atoms with Crippen LogP contribution in [0.4, 0.5) is 11.4 Å². The molecule has 0 atom stereocenters. The number of rotatable bonds is 7. The molecule has 30 heavy (non-hydrogen) atoms. The molecule has 1 heterocycles. The summed E-state index contributed by atoms with van der Waals surface area (Å²) in [4.78, 5) is 12.3. The van der Waals surface area contributed by atoms with E-state index in [2.05, 4.69) is 10.0 Å². The lowest BCUT2D eigenvalue weighted by molar-refractivity contribution is -0.113. The summed E-state index contributed by atoms with van der Waals surface area (Å²) in [5, 5.41) is 2.73. The molecular formula is C20H23ClN2O6S. The highest BCUT2D eigenvalue weighted by Crippen LogP contribution is 2.37. The number of hydrogen-bond donors (Lipinski definition) is 2. The summed E-state index contributed by atoms with van der Waals surface area (Å²) in [6.07, 6.45) is 0.732. The van der Waals surface area contributed by atoms with Crippen LogP contribution < -0.4 is 24.2 Å². The molecule has 0 aliphatic carbocycles. The number of carbonyl (C=O) groups is 1. The van der Waals surface area contributed by atoms with Gasteiger partial charge in [0.25, 0.3) is 0 Å². The highest BCUT2D eigenvalue weighted by atomic mass is 35.5. The van der Waals surface area contributed by atoms with E-state index in [1.807, 2.05) is 13.8 Å². The van der Waals surface area contributed by atoms with Gasteiger partial charge < -0.3 is 19.5 Å². The number of ether oxygens (including phenoxy) is 3. The van der Waals surface area contributed by atoms with Gasteiger partial charge >= 0.3 is 0 Å². The van der Waals surface area contributed by atoms with Crippen LogP contribution in [0.15, 0.2) is 36.4 Å². The molecule has 1 aliphatic rings. The van der Waals surface area contributed by atoms with Gasteiger partial charge in [0, 0.05) is 24.2 Å². The zero-order valence-electron chi connectivity index (χ0n) is 16.6. The van der Waals surface area contributed by atoms with E-state index in [1.54, 1.807) is 24.3 Å². The Labute approximate surface area is 180 Å². The topological polar surface area (TPSA) is 103 Å². The van der Waals surface area contributed by atoms with E-state index in [1.165, 1.54) is 12.1 Å². The van der Waals surface area contributed by atoms with Gasteiger partial charge in [-0.3, -0.25) is 9.52 Å². The minimum atomic E-state index is -3.93. The fraction of sp³-hybridized carbons (Fsp3) is 0.350. The van der Waals surface area contributed by atoms with Crippen molar-refractivity contribution in [2.75, 3.05) is 29.0 Å². The third-order valence-electron chi connectivity index (χ3n) is 3.93. The SMILES string of the molecule is CC(C)Oc1ccc(NS(=O)(=O)CC(=O)Nc2cc3c(cc2Cl)OCCCO3)cc1. The summed E-state index contributed by atoms with van der Waals surface area (Å²) < 4.78 is 43.7. The number of hydrogen-bond acceptors (Lipinski definition) is 6. The van der Waals surface area contributed by atoms with E-state index in [9.17, 15) is 13.2 Å². The van der Waals surface area contributed by atoms with Crippen LogP contribution in [-0.4, -0.2) is 39.4 Å². The molecule has 0 bridgehead atoms. The quantitative estimate of drug-likeness (QED) is 0.661. The summed E-state index contributed by atoms with van der Waals surface area (Å²) >= 11 is 6.18. The van der Waals surface area contributed by atoms with Gasteiger partial charge in [0.2, 0.25) is 15.9 Å². The number of benzene rings is 2. The molecule has 8 nitrogen and oxygen atoms in total. The molecule has 0 unspecified atom stereocenters. The van der Waals surface area contributed by atoms with Crippen LogP contribution in [0.2, 0.25) is 5.02 Å². The first-order valence-electron chi connectivity index (χ1n) is 9.38. The smallest absolute Gasteiger partial charge is 0.241 e. The van der Waals surface area contributed by atoms with Crippen LogP contribution in [0.1, 0.15) is 20.3 Å². The highest BCUT2D eigenvalue weighted by molar-refractivity contribution is 7.93. The predicted molar refractivity (Wildman–Crippen MR) is 115 cm³/mol. The predicted octanol–water partition coefficient (Wildman–Crippen LogP) is 3.67. The number of nitrogens with one attached hydrogen (secondary N) is 2. The van der Waals surface area contributed by atoms with E-state index < -0.39 is 21.7 Å². The molecular weight excluding hydrogens is 432 g/mol. The van der Waals surface area contributed by atoms with Crippen LogP contribution in [0.25, 0.3) is 0 Å². The lowest BCUT2D eigenvalue weighted by Gasteiger charge is -2.13. The molecule has 0 radical (unpaired) electrons. The van der Waals surface area contributed by atoms with Crippen LogP contribution in [0.5, 0.6) is 17.2 Å². The van der Waals surface area contributed by atoms with Crippen molar-refractivity contribution < 1.29 is 27.4 Å². The molecule has 2 aromatic rings. The van der Waals surface area contributed by atoms with Gasteiger partial charge in [-0.05, 0) is 38.1 Å². The van der Waals surface area contributed by atoms with E-state index in [0.717, 1.165) is 6.42 Å². The molecule has 10 heteroatoms. The van der Waals surface area contributed by atoms with Gasteiger partial charge in [-0.25, -0.2) is 8.42 Å². The minimum Gasteiger partial charge on any atom is -0.491 e. The lowest BCUT2D eigenvalue weighted by Crippen LogP contribution is -2.27. The van der Waals surface area contributed by atoms with Crippen molar-refractivity contribution in [1.29, 1.82) is 0 Å². The Morgan fingerprint density at radius 1 is 1.13 bits per heavy atom. The summed E-state index contributed by atoms with van der Waals surface area (Å²) in [7, 11) is -3.93. The number of fused-ring (bicyclic) bond motifs is 1. The number of sulfonamides is 1. The third-order valence-corrected chi connectivity index (χ3v) is 5.43. The largest absolute Gasteiger partial charge is 0.491 e. The number of anilines is 2. The molecule has 1 aliphatic heterocycles. The Balaban J connectivity index is 1.63. The fourth-order valence-electron chi connectivity index (χ4n) is 2.73. The molecule has 162 valence electrons. The molecule has 2 aromatic carbocycles. The molecule has 0 saturated heterocycles. The Bertz CT molecular complexity index is 1010. The maximum Gasteiger partial charge on any atom is 0.241 e. The zero-order valence-corrected chi connectivity index (χ0v) is 18.2. The summed E-state index contributed by atoms with van der Waals surface area (Å²) in [6.45, 7) is 4.76. The summed E-state index contributed by atoms with van der Waals surface area (Å²) in [6, 6.07) is 9.48. The monoisotopic (exact) mass is 454 g/mol. The molecule has 0 saturated carbocycles. The average Bonchev–Trinajstić information content (AvgIpc) is 2.87. The fourth-order valence-corrected chi connectivity index (χ4v) is 3.91. The van der Waals surface area contributed by atoms with Crippen molar-refractivity contribution in [1.82, 2.24) is 0 Å². The van der Waals surface area contributed by atoms with Crippen molar-refractivity contribution in [2.45, 2.75) is 26.4 Å². The van der Waals surface area contributed by atoms with E-state index >= 15 is 0 Å². The first-order valence-corrected chi connectivity index (χ1v) is 11.4. The molecule has 0 spiro atoms. The van der Waals surface area contributed by atoms with Crippen LogP contribution >= 0.6 is 11.6 Å². The van der Waals surface area contributed by atoms with Crippen molar-refractivity contribution in [2.24, 2.45) is 0 Å². The Morgan fingerprint density at radius 3 is 2.40 bits per heavy atom. The van der Waals surface area contributed by atoms with Crippen molar-refractivity contribution >= 4 is 38.9 Å². The summed E-state index contributed by atoms with van der Waals surface area (Å²) in [5.74, 6) is 0.0297. The van der Waals surface area contributed by atoms with Crippen LogP contribution in [-0.2, 0) is 14.8 Å². The van der Waals surface area contributed by atoms with Gasteiger partial charge in [-0.2, -0.15) is 0 Å². The van der Waals surface area contributed by atoms with E-state index in [4.69, 9.17) is 25.8 Å². The normalized spacial score (nSPS) is 13.5. The first-order chi connectivity index (χ1) is 14.2. The molecule has 1 amide bonds. The second-order valence-electron chi connectivity index (χ2n) is 6.93. The van der Waals surface area contributed by atoms with Gasteiger partial charge in [-0.15, -0.1) is 0 Å². The van der Waals surface area contributed by atoms with Gasteiger partial charge in [0.15, 0.2) is 11.5 Å². The molecule has 2 N–H and O–H groups in total. The van der Waals surface area contributed by atoms with Crippen molar-refractivity contribution in [3.05, 3.63) is 41.4 Å². The number of amides is 1. The van der Waals surface area contributed by atoms with Crippen molar-refractivity contribution in [3.8, 4) is 17.2 Å². The Hall–Kier alpha value is -2.65. The van der Waals surface area contributed by atoms with E-state index in [-0.39, 0.29) is 16.8 Å². The molecule has 0 aromatic heterocycles. The first kappa shape index (κ1) is 22.0. The second-order valence-corrected chi connectivity index (χ2v) is 9.06. The maximum atomic E-state index is 12.3. The molecule has 0 fully saturated rings. The Kier molecular flexibility index (Phi) is 6.94. The van der Waals surface area contributed by atoms with Crippen molar-refractivity contribution in [3.63, 3.8) is 0 Å². The lowest BCUT2D eigenvalue weighted by atomic mass is 10.2. The third kappa shape index (κ3) is 6.17. The van der Waals surface area contributed by atoms with E-state index in [0.29, 0.717) is 36.1 Å². The molecule has 3 rings (SSSR count). The second kappa shape index (κ2) is 9.44. The standard InChI is InChI=1S/C20H23ClN2O6S/c1-13(2)29-15-6-4-14(5-7-15)23-30(25,26)12-20(24)22-17-11-19-18(10-16(17)21)27-8-3-9-28-19/h4-7,10-11,13,23H,3,8-9,12H2,1-2H3,(H,22,24). The van der Waals surface area contributed by atoms with Gasteiger partial charge in [0.1, 0.15) is 11.5 Å². The highest BCUT2D eigenvalue weighted by Gasteiger charge is 2.20. The number of carbonyl (C=O) groups excluding carboxylic acids is 1. The average molecular weight is 455 g/mol. The number of halogens is 1. The minimum absolute atomic E-state index is 0.00740. The summed E-state index contributed by atoms with van der Waals surface area (Å²) in [5.41, 5.74) is 0.573. The van der Waals surface area contributed by atoms with Crippen LogP contribution in [0.3, 0.4) is 0 Å². The van der Waals surface area contributed by atoms with Crippen LogP contribution in [0, 0.1) is 0 Å². The Morgan fingerprint density at radius 2 is 1.77 bits per heavy atom. The van der Waals surface area contributed by atoms with Gasteiger partial charge in [0.05, 0.1) is 30.0 Å². The zero-order chi connectivity index (χ0) is 21.7. The van der Waals surface area contributed by atoms with Gasteiger partial charge in [-0.1, -0.05) is 11.6 Å². The maximum absolute atomic E-state index is 12.3.